The molecule has 1 aliphatic rings. The van der Waals surface area contributed by atoms with Crippen LogP contribution in [0.25, 0.3) is 21.8 Å². The fourth-order valence-corrected chi connectivity index (χ4v) is 5.55. The summed E-state index contributed by atoms with van der Waals surface area (Å²) in [7, 11) is 0. The van der Waals surface area contributed by atoms with Crippen molar-refractivity contribution in [3.05, 3.63) is 48.0 Å². The number of hydrogen-bond donors (Lipinski definition) is 0. The Morgan fingerprint density at radius 1 is 1.00 bits per heavy atom. The van der Waals surface area contributed by atoms with Crippen molar-refractivity contribution >= 4 is 27.6 Å². The van der Waals surface area contributed by atoms with E-state index in [-0.39, 0.29) is 0 Å². The number of nitrogens with zero attached hydrogens (tertiary/aromatic N) is 1. The van der Waals surface area contributed by atoms with E-state index in [2.05, 4.69) is 60.9 Å². The molecule has 1 saturated carbocycles. The number of fused-ring (bicyclic) bond motifs is 3. The summed E-state index contributed by atoms with van der Waals surface area (Å²) in [4.78, 5) is 13.0. The quantitative estimate of drug-likeness (QED) is 0.303. The Kier molecular flexibility index (Phi) is 7.48. The lowest BCUT2D eigenvalue weighted by Gasteiger charge is -2.20. The molecular formula is C29H39NO. The highest BCUT2D eigenvalue weighted by Gasteiger charge is 2.18. The van der Waals surface area contributed by atoms with Crippen LogP contribution in [0.3, 0.4) is 0 Å². The van der Waals surface area contributed by atoms with Crippen LogP contribution >= 0.6 is 0 Å². The van der Waals surface area contributed by atoms with Gasteiger partial charge in [-0.1, -0.05) is 83.4 Å². The molecule has 1 unspecified atom stereocenters. The van der Waals surface area contributed by atoms with Gasteiger partial charge in [0.15, 0.2) is 5.78 Å². The van der Waals surface area contributed by atoms with E-state index in [0.29, 0.717) is 18.1 Å². The molecule has 166 valence electrons. The Bertz CT molecular complexity index is 1010. The van der Waals surface area contributed by atoms with Gasteiger partial charge in [-0.15, -0.1) is 0 Å². The third-order valence-corrected chi connectivity index (χ3v) is 7.58. The predicted octanol–water partition coefficient (Wildman–Crippen LogP) is 8.55. The summed E-state index contributed by atoms with van der Waals surface area (Å²) < 4.78 is 2.50. The number of benzene rings is 2. The molecule has 0 aliphatic heterocycles. The number of rotatable bonds is 10. The smallest absolute Gasteiger partial charge is 0.162 e. The van der Waals surface area contributed by atoms with Crippen molar-refractivity contribution in [2.24, 2.45) is 11.8 Å². The summed E-state index contributed by atoms with van der Waals surface area (Å²) in [6.45, 7) is 5.66. The molecule has 0 bridgehead atoms. The van der Waals surface area contributed by atoms with Gasteiger partial charge in [-0.05, 0) is 48.9 Å². The van der Waals surface area contributed by atoms with Gasteiger partial charge in [0.25, 0.3) is 0 Å². The van der Waals surface area contributed by atoms with Gasteiger partial charge in [0.1, 0.15) is 0 Å². The summed E-state index contributed by atoms with van der Waals surface area (Å²) in [5.41, 5.74) is 3.48. The van der Waals surface area contributed by atoms with Crippen LogP contribution in [0.15, 0.2) is 42.5 Å². The third-order valence-electron chi connectivity index (χ3n) is 7.58. The van der Waals surface area contributed by atoms with Crippen molar-refractivity contribution in [1.82, 2.24) is 4.57 Å². The monoisotopic (exact) mass is 417 g/mol. The average Bonchev–Trinajstić information content (AvgIpc) is 3.13. The van der Waals surface area contributed by atoms with Crippen molar-refractivity contribution in [2.45, 2.75) is 91.0 Å². The maximum absolute atomic E-state index is 13.0. The van der Waals surface area contributed by atoms with Crippen molar-refractivity contribution in [3.63, 3.8) is 0 Å². The second kappa shape index (κ2) is 10.5. The number of ketones is 1. The summed E-state index contributed by atoms with van der Waals surface area (Å²) in [5, 5.41) is 2.52. The maximum Gasteiger partial charge on any atom is 0.162 e. The molecule has 2 aromatic carbocycles. The van der Waals surface area contributed by atoms with Crippen molar-refractivity contribution in [2.75, 3.05) is 0 Å². The van der Waals surface area contributed by atoms with Crippen LogP contribution in [-0.4, -0.2) is 10.4 Å². The Balaban J connectivity index is 1.60. The minimum atomic E-state index is 0.318. The Hall–Kier alpha value is -2.09. The van der Waals surface area contributed by atoms with Crippen LogP contribution in [-0.2, 0) is 6.54 Å². The fourth-order valence-electron chi connectivity index (χ4n) is 5.55. The lowest BCUT2D eigenvalue weighted by Crippen LogP contribution is -2.10. The van der Waals surface area contributed by atoms with Crippen LogP contribution in [0, 0.1) is 11.8 Å². The zero-order valence-electron chi connectivity index (χ0n) is 19.5. The number of hydrogen-bond acceptors (Lipinski definition) is 1. The first-order valence-electron chi connectivity index (χ1n) is 12.8. The minimum absolute atomic E-state index is 0.318. The Morgan fingerprint density at radius 2 is 1.77 bits per heavy atom. The summed E-state index contributed by atoms with van der Waals surface area (Å²) in [6.07, 6.45) is 13.5. The first-order chi connectivity index (χ1) is 15.2. The molecule has 0 radical (unpaired) electrons. The van der Waals surface area contributed by atoms with E-state index in [1.54, 1.807) is 0 Å². The second-order valence-corrected chi connectivity index (χ2v) is 9.74. The molecule has 2 nitrogen and oxygen atoms in total. The molecule has 1 heterocycles. The number of aromatic nitrogens is 1. The fraction of sp³-hybridized carbons (Fsp3) is 0.552. The second-order valence-electron chi connectivity index (χ2n) is 9.74. The molecular weight excluding hydrogens is 378 g/mol. The molecule has 0 spiro atoms. The van der Waals surface area contributed by atoms with E-state index in [1.807, 2.05) is 0 Å². The molecule has 1 fully saturated rings. The third kappa shape index (κ3) is 5.05. The van der Waals surface area contributed by atoms with Gasteiger partial charge in [0.2, 0.25) is 0 Å². The molecule has 1 atom stereocenters. The summed E-state index contributed by atoms with van der Waals surface area (Å²) in [6, 6.07) is 15.2. The molecule has 31 heavy (non-hydrogen) atoms. The largest absolute Gasteiger partial charge is 0.340 e. The molecule has 0 saturated heterocycles. The highest BCUT2D eigenvalue weighted by molar-refractivity contribution is 6.11. The van der Waals surface area contributed by atoms with Crippen molar-refractivity contribution < 1.29 is 4.79 Å². The van der Waals surface area contributed by atoms with Crippen LogP contribution in [0.5, 0.6) is 0 Å². The molecule has 4 rings (SSSR count). The molecule has 0 N–H and O–H groups in total. The van der Waals surface area contributed by atoms with Gasteiger partial charge in [-0.2, -0.15) is 0 Å². The van der Waals surface area contributed by atoms with Gasteiger partial charge >= 0.3 is 0 Å². The van der Waals surface area contributed by atoms with Gasteiger partial charge in [-0.3, -0.25) is 4.79 Å². The minimum Gasteiger partial charge on any atom is -0.340 e. The van der Waals surface area contributed by atoms with Gasteiger partial charge in [0, 0.05) is 40.3 Å². The molecule has 1 aliphatic carbocycles. The van der Waals surface area contributed by atoms with Crippen LogP contribution in [0.4, 0.5) is 0 Å². The van der Waals surface area contributed by atoms with E-state index in [9.17, 15) is 4.79 Å². The molecule has 0 amide bonds. The van der Waals surface area contributed by atoms with Gasteiger partial charge in [0.05, 0.1) is 0 Å². The molecule has 2 heteroatoms. The van der Waals surface area contributed by atoms with E-state index in [0.717, 1.165) is 24.4 Å². The lowest BCUT2D eigenvalue weighted by atomic mass is 9.85. The van der Waals surface area contributed by atoms with E-state index >= 15 is 0 Å². The van der Waals surface area contributed by atoms with E-state index < -0.39 is 0 Å². The average molecular weight is 418 g/mol. The SMILES string of the molecule is CCCCC(CC)Cn1c2ccccc2c2cc(C(=O)CCC3CCCCC3)ccc21. The Morgan fingerprint density at radius 3 is 2.55 bits per heavy atom. The Labute approximate surface area is 188 Å². The van der Waals surface area contributed by atoms with Crippen molar-refractivity contribution in [1.29, 1.82) is 0 Å². The summed E-state index contributed by atoms with van der Waals surface area (Å²) in [5.74, 6) is 1.78. The van der Waals surface area contributed by atoms with Crippen molar-refractivity contribution in [3.8, 4) is 0 Å². The van der Waals surface area contributed by atoms with E-state index in [4.69, 9.17) is 0 Å². The molecule has 1 aromatic heterocycles. The zero-order chi connectivity index (χ0) is 21.6. The predicted molar refractivity (Wildman–Crippen MR) is 133 cm³/mol. The number of para-hydroxylation sites is 1. The van der Waals surface area contributed by atoms with Crippen LogP contribution in [0.2, 0.25) is 0 Å². The molecule has 3 aromatic rings. The number of carbonyl (C=O) groups is 1. The van der Waals surface area contributed by atoms with Crippen LogP contribution in [0.1, 0.15) is 94.8 Å². The number of Topliss-reactive ketones (excluding diaryl/α,β-unsaturated/α-hetero) is 1. The highest BCUT2D eigenvalue weighted by Crippen LogP contribution is 2.33. The lowest BCUT2D eigenvalue weighted by molar-refractivity contribution is 0.0970. The summed E-state index contributed by atoms with van der Waals surface area (Å²) >= 11 is 0. The van der Waals surface area contributed by atoms with Gasteiger partial charge < -0.3 is 4.57 Å². The normalized spacial score (nSPS) is 16.2. The standard InChI is InChI=1S/C29H39NO/c1-3-5-11-22(4-2)21-30-27-15-10-9-14-25(27)26-20-24(17-18-28(26)30)29(31)19-16-23-12-7-6-8-13-23/h9-10,14-15,17-18,20,22-23H,3-8,11-13,16,19,21H2,1-2H3. The number of carbonyl (C=O) groups excluding carboxylic acids is 1. The topological polar surface area (TPSA) is 22.0 Å². The van der Waals surface area contributed by atoms with Gasteiger partial charge in [-0.25, -0.2) is 0 Å². The number of unbranched alkanes of at least 4 members (excludes halogenated alkanes) is 1. The zero-order valence-corrected chi connectivity index (χ0v) is 19.5. The highest BCUT2D eigenvalue weighted by atomic mass is 16.1. The first kappa shape index (κ1) is 22.1. The maximum atomic E-state index is 13.0. The van der Waals surface area contributed by atoms with E-state index in [1.165, 1.54) is 79.6 Å². The van der Waals surface area contributed by atoms with Crippen LogP contribution < -0.4 is 0 Å². The first-order valence-corrected chi connectivity index (χ1v) is 12.8.